The fourth-order valence-electron chi connectivity index (χ4n) is 1.76. The number of aliphatic hydroxyl groups is 1. The van der Waals surface area contributed by atoms with Gasteiger partial charge in [-0.1, -0.05) is 12.1 Å². The molecule has 0 saturated heterocycles. The fourth-order valence-corrected chi connectivity index (χ4v) is 1.76. The number of hydrogen-bond donors (Lipinski definition) is 1. The molecule has 0 bridgehead atoms. The van der Waals surface area contributed by atoms with Crippen molar-refractivity contribution < 1.29 is 14.4 Å². The topological polar surface area (TPSA) is 68.3 Å². The third kappa shape index (κ3) is 2.23. The Labute approximate surface area is 102 Å². The van der Waals surface area contributed by atoms with E-state index in [4.69, 9.17) is 5.11 Å². The van der Waals surface area contributed by atoms with Gasteiger partial charge in [0, 0.05) is 23.5 Å². The molecule has 5 nitrogen and oxygen atoms in total. The van der Waals surface area contributed by atoms with Crippen molar-refractivity contribution in [1.82, 2.24) is 4.57 Å². The van der Waals surface area contributed by atoms with E-state index in [0.717, 1.165) is 6.07 Å². The lowest BCUT2D eigenvalue weighted by molar-refractivity contribution is -0.387. The molecule has 0 aliphatic rings. The van der Waals surface area contributed by atoms with Crippen molar-refractivity contribution in [2.75, 3.05) is 0 Å². The second-order valence-electron chi connectivity index (χ2n) is 3.79. The molecule has 2 aromatic rings. The van der Waals surface area contributed by atoms with Crippen molar-refractivity contribution in [3.8, 4) is 0 Å². The number of nitrogens with zero attached hydrogens (tertiary/aromatic N) is 2. The monoisotopic (exact) mass is 250 g/mol. The summed E-state index contributed by atoms with van der Waals surface area (Å²) >= 11 is 0. The minimum atomic E-state index is -0.833. The predicted octanol–water partition coefficient (Wildman–Crippen LogP) is 2.08. The van der Waals surface area contributed by atoms with Crippen LogP contribution in [0.5, 0.6) is 0 Å². The van der Waals surface area contributed by atoms with Crippen molar-refractivity contribution in [2.24, 2.45) is 0 Å². The Balaban J connectivity index is 2.35. The summed E-state index contributed by atoms with van der Waals surface area (Å²) < 4.78 is 15.5. The molecule has 0 atom stereocenters. The first-order valence-electron chi connectivity index (χ1n) is 5.30. The first-order chi connectivity index (χ1) is 8.63. The van der Waals surface area contributed by atoms with Gasteiger partial charge in [0.05, 0.1) is 18.1 Å². The maximum absolute atomic E-state index is 13.8. The van der Waals surface area contributed by atoms with Gasteiger partial charge >= 0.3 is 5.69 Å². The summed E-state index contributed by atoms with van der Waals surface area (Å²) in [5.74, 6) is -0.833. The molecule has 1 aromatic heterocycles. The Morgan fingerprint density at radius 2 is 2.11 bits per heavy atom. The van der Waals surface area contributed by atoms with Gasteiger partial charge in [-0.25, -0.2) is 0 Å². The summed E-state index contributed by atoms with van der Waals surface area (Å²) in [6.07, 6.45) is 1.68. The molecule has 0 saturated carbocycles. The molecule has 0 aliphatic carbocycles. The van der Waals surface area contributed by atoms with Crippen LogP contribution in [0.2, 0.25) is 0 Å². The van der Waals surface area contributed by atoms with Crippen LogP contribution in [0, 0.1) is 15.9 Å². The second-order valence-corrected chi connectivity index (χ2v) is 3.79. The molecule has 1 heterocycles. The number of hydrogen-bond acceptors (Lipinski definition) is 3. The molecule has 0 spiro atoms. The molecule has 1 aromatic carbocycles. The average molecular weight is 250 g/mol. The van der Waals surface area contributed by atoms with E-state index in [0.29, 0.717) is 5.69 Å². The van der Waals surface area contributed by atoms with Crippen LogP contribution < -0.4 is 0 Å². The number of benzene rings is 1. The van der Waals surface area contributed by atoms with Crippen LogP contribution >= 0.6 is 0 Å². The minimum Gasteiger partial charge on any atom is -0.390 e. The van der Waals surface area contributed by atoms with Gasteiger partial charge < -0.3 is 9.67 Å². The van der Waals surface area contributed by atoms with Gasteiger partial charge in [-0.15, -0.1) is 0 Å². The van der Waals surface area contributed by atoms with Crippen LogP contribution in [-0.2, 0) is 13.2 Å². The van der Waals surface area contributed by atoms with Gasteiger partial charge in [-0.3, -0.25) is 10.1 Å². The maximum Gasteiger partial charge on any atom is 0.305 e. The van der Waals surface area contributed by atoms with Crippen LogP contribution in [-0.4, -0.2) is 14.6 Å². The van der Waals surface area contributed by atoms with Gasteiger partial charge in [0.25, 0.3) is 0 Å². The quantitative estimate of drug-likeness (QED) is 0.667. The SMILES string of the molecule is O=[N+]([O-])c1cccc(Cn2cccc2CO)c1F. The Morgan fingerprint density at radius 1 is 1.33 bits per heavy atom. The fraction of sp³-hybridized carbons (Fsp3) is 0.167. The molecular weight excluding hydrogens is 239 g/mol. The molecule has 0 amide bonds. The van der Waals surface area contributed by atoms with Crippen LogP contribution in [0.15, 0.2) is 36.5 Å². The molecule has 1 N–H and O–H groups in total. The standard InChI is InChI=1S/C12H11FN2O3/c13-12-9(3-1-5-11(12)15(17)18)7-14-6-2-4-10(14)8-16/h1-6,16H,7-8H2. The number of rotatable bonds is 4. The van der Waals surface area contributed by atoms with Gasteiger partial charge in [0.1, 0.15) is 0 Å². The zero-order valence-corrected chi connectivity index (χ0v) is 9.41. The molecular formula is C12H11FN2O3. The average Bonchev–Trinajstić information content (AvgIpc) is 2.78. The predicted molar refractivity (Wildman–Crippen MR) is 62.5 cm³/mol. The highest BCUT2D eigenvalue weighted by atomic mass is 19.1. The smallest absolute Gasteiger partial charge is 0.305 e. The highest BCUT2D eigenvalue weighted by molar-refractivity contribution is 5.37. The van der Waals surface area contributed by atoms with Gasteiger partial charge in [-0.05, 0) is 12.1 Å². The van der Waals surface area contributed by atoms with E-state index in [2.05, 4.69) is 0 Å². The van der Waals surface area contributed by atoms with Crippen LogP contribution in [0.1, 0.15) is 11.3 Å². The normalized spacial score (nSPS) is 10.6. The summed E-state index contributed by atoms with van der Waals surface area (Å²) in [5, 5.41) is 19.7. The molecule has 0 radical (unpaired) electrons. The third-order valence-corrected chi connectivity index (χ3v) is 2.68. The van der Waals surface area contributed by atoms with Crippen LogP contribution in [0.25, 0.3) is 0 Å². The van der Waals surface area contributed by atoms with E-state index in [1.54, 1.807) is 22.9 Å². The summed E-state index contributed by atoms with van der Waals surface area (Å²) in [7, 11) is 0. The van der Waals surface area contributed by atoms with E-state index >= 15 is 0 Å². The van der Waals surface area contributed by atoms with Crippen LogP contribution in [0.3, 0.4) is 0 Å². The van der Waals surface area contributed by atoms with Crippen LogP contribution in [0.4, 0.5) is 10.1 Å². The highest BCUT2D eigenvalue weighted by Gasteiger charge is 2.17. The van der Waals surface area contributed by atoms with Gasteiger partial charge in [0.15, 0.2) is 0 Å². The number of aromatic nitrogens is 1. The van der Waals surface area contributed by atoms with Crippen molar-refractivity contribution in [1.29, 1.82) is 0 Å². The number of nitro benzene ring substituents is 1. The molecule has 94 valence electrons. The Morgan fingerprint density at radius 3 is 2.78 bits per heavy atom. The molecule has 2 rings (SSSR count). The van der Waals surface area contributed by atoms with Crippen molar-refractivity contribution in [2.45, 2.75) is 13.2 Å². The van der Waals surface area contributed by atoms with E-state index in [1.807, 2.05) is 0 Å². The Bertz CT molecular complexity index is 580. The lowest BCUT2D eigenvalue weighted by atomic mass is 10.2. The Kier molecular flexibility index (Phi) is 3.38. The zero-order chi connectivity index (χ0) is 13.1. The summed E-state index contributed by atoms with van der Waals surface area (Å²) in [6.45, 7) is -0.0139. The first kappa shape index (κ1) is 12.3. The van der Waals surface area contributed by atoms with Crippen molar-refractivity contribution in [3.05, 3.63) is 63.7 Å². The minimum absolute atomic E-state index is 0.149. The zero-order valence-electron chi connectivity index (χ0n) is 9.41. The van der Waals surface area contributed by atoms with E-state index in [9.17, 15) is 14.5 Å². The van der Waals surface area contributed by atoms with Gasteiger partial charge in [0.2, 0.25) is 5.82 Å². The highest BCUT2D eigenvalue weighted by Crippen LogP contribution is 2.21. The molecule has 0 unspecified atom stereocenters. The summed E-state index contributed by atoms with van der Waals surface area (Å²) in [4.78, 5) is 9.87. The maximum atomic E-state index is 13.8. The van der Waals surface area contributed by atoms with E-state index in [1.165, 1.54) is 12.1 Å². The number of halogens is 1. The lowest BCUT2D eigenvalue weighted by Gasteiger charge is -2.08. The largest absolute Gasteiger partial charge is 0.390 e. The number of aliphatic hydroxyl groups excluding tert-OH is 1. The van der Waals surface area contributed by atoms with E-state index < -0.39 is 16.4 Å². The molecule has 6 heteroatoms. The van der Waals surface area contributed by atoms with Crippen molar-refractivity contribution in [3.63, 3.8) is 0 Å². The first-order valence-corrected chi connectivity index (χ1v) is 5.30. The number of nitro groups is 1. The summed E-state index contributed by atoms with van der Waals surface area (Å²) in [5.41, 5.74) is 0.307. The molecule has 0 aliphatic heterocycles. The lowest BCUT2D eigenvalue weighted by Crippen LogP contribution is -2.06. The molecule has 18 heavy (non-hydrogen) atoms. The third-order valence-electron chi connectivity index (χ3n) is 2.68. The van der Waals surface area contributed by atoms with Gasteiger partial charge in [-0.2, -0.15) is 4.39 Å². The Hall–Kier alpha value is -2.21. The molecule has 0 fully saturated rings. The summed E-state index contributed by atoms with van der Waals surface area (Å²) in [6, 6.07) is 7.49. The second kappa shape index (κ2) is 4.97. The van der Waals surface area contributed by atoms with Crippen molar-refractivity contribution >= 4 is 5.69 Å². The van der Waals surface area contributed by atoms with E-state index in [-0.39, 0.29) is 18.7 Å².